The maximum absolute atomic E-state index is 5.70. The van der Waals surface area contributed by atoms with Gasteiger partial charge >= 0.3 is 0 Å². The Morgan fingerprint density at radius 2 is 1.69 bits per heavy atom. The number of fused-ring (bicyclic) bond motifs is 1. The molecule has 1 atom stereocenters. The molecule has 8 nitrogen and oxygen atoms in total. The van der Waals surface area contributed by atoms with Gasteiger partial charge in [-0.1, -0.05) is 18.9 Å². The zero-order chi connectivity index (χ0) is 24.0. The van der Waals surface area contributed by atoms with Gasteiger partial charge < -0.3 is 29.9 Å². The van der Waals surface area contributed by atoms with Crippen molar-refractivity contribution in [2.24, 2.45) is 0 Å². The molecule has 0 amide bonds. The van der Waals surface area contributed by atoms with E-state index in [9.17, 15) is 0 Å². The summed E-state index contributed by atoms with van der Waals surface area (Å²) in [5.41, 5.74) is 1.07. The molecule has 3 aliphatic rings. The molecule has 0 spiro atoms. The van der Waals surface area contributed by atoms with E-state index in [4.69, 9.17) is 31.7 Å². The lowest BCUT2D eigenvalue weighted by Gasteiger charge is -2.35. The highest BCUT2D eigenvalue weighted by atomic mass is 32.1. The molecular weight excluding hydrogens is 460 g/mol. The average molecular weight is 497 g/mol. The minimum atomic E-state index is 0.476. The van der Waals surface area contributed by atoms with Gasteiger partial charge in [0.15, 0.2) is 16.6 Å². The van der Waals surface area contributed by atoms with Crippen molar-refractivity contribution >= 4 is 34.9 Å². The first-order valence-electron chi connectivity index (χ1n) is 13.0. The van der Waals surface area contributed by atoms with Crippen LogP contribution in [0.1, 0.15) is 57.4 Å². The highest BCUT2D eigenvalue weighted by Crippen LogP contribution is 2.31. The molecule has 1 aromatic carbocycles. The van der Waals surface area contributed by atoms with Crippen molar-refractivity contribution in [2.45, 2.75) is 64.5 Å². The topological polar surface area (TPSA) is 74.8 Å². The van der Waals surface area contributed by atoms with E-state index >= 15 is 0 Å². The van der Waals surface area contributed by atoms with Crippen LogP contribution in [0.25, 0.3) is 0 Å². The lowest BCUT2D eigenvalue weighted by atomic mass is 10.0. The van der Waals surface area contributed by atoms with Crippen LogP contribution in [0.15, 0.2) is 24.3 Å². The number of anilines is 3. The first-order valence-corrected chi connectivity index (χ1v) is 13.4. The predicted octanol–water partition coefficient (Wildman–Crippen LogP) is 4.49. The molecule has 2 saturated heterocycles. The summed E-state index contributed by atoms with van der Waals surface area (Å²) in [6.45, 7) is 7.14. The van der Waals surface area contributed by atoms with Crippen molar-refractivity contribution in [3.05, 3.63) is 29.8 Å². The fourth-order valence-corrected chi connectivity index (χ4v) is 5.21. The lowest BCUT2D eigenvalue weighted by molar-refractivity contribution is 0.171. The van der Waals surface area contributed by atoms with Crippen LogP contribution in [0.5, 0.6) is 11.5 Å². The standard InChI is InChI=1S/C26H36N6O2S/c1-19-8-4-7-13-32(19)24-17-23(31-11-5-2-3-6-12-31)28-25(29-24)30-26(35)27-18-20-9-10-21-22(16-20)34-15-14-33-21/h9-10,16-17,19H,2-8,11-15,18H2,1H3,(H2,27,28,29,30,35)/t19-/m1/s1. The van der Waals surface area contributed by atoms with Crippen LogP contribution < -0.4 is 29.9 Å². The number of nitrogens with zero attached hydrogens (tertiary/aromatic N) is 4. The lowest BCUT2D eigenvalue weighted by Crippen LogP contribution is -2.38. The van der Waals surface area contributed by atoms with Crippen LogP contribution >= 0.6 is 12.2 Å². The van der Waals surface area contributed by atoms with Crippen molar-refractivity contribution in [2.75, 3.05) is 48.0 Å². The molecule has 0 bridgehead atoms. The summed E-state index contributed by atoms with van der Waals surface area (Å²) in [6, 6.07) is 8.61. The van der Waals surface area contributed by atoms with E-state index < -0.39 is 0 Å². The van der Waals surface area contributed by atoms with Gasteiger partial charge in [-0.2, -0.15) is 9.97 Å². The molecule has 3 aliphatic heterocycles. The third kappa shape index (κ3) is 6.07. The number of ether oxygens (including phenoxy) is 2. The molecule has 188 valence electrons. The van der Waals surface area contributed by atoms with Gasteiger partial charge in [0.1, 0.15) is 24.8 Å². The molecular formula is C26H36N6O2S. The Kier molecular flexibility index (Phi) is 7.71. The molecule has 2 N–H and O–H groups in total. The molecule has 2 fully saturated rings. The maximum atomic E-state index is 5.70. The minimum absolute atomic E-state index is 0.476. The highest BCUT2D eigenvalue weighted by Gasteiger charge is 2.23. The molecule has 35 heavy (non-hydrogen) atoms. The Morgan fingerprint density at radius 1 is 0.943 bits per heavy atom. The number of thiocarbonyl (C=S) groups is 1. The molecule has 2 aromatic rings. The Balaban J connectivity index is 1.30. The maximum Gasteiger partial charge on any atom is 0.232 e. The van der Waals surface area contributed by atoms with Crippen molar-refractivity contribution < 1.29 is 9.47 Å². The fraction of sp³-hybridized carbons (Fsp3) is 0.577. The smallest absolute Gasteiger partial charge is 0.232 e. The summed E-state index contributed by atoms with van der Waals surface area (Å²) in [5.74, 6) is 4.11. The third-order valence-corrected chi connectivity index (χ3v) is 7.26. The number of hydrogen-bond donors (Lipinski definition) is 2. The van der Waals surface area contributed by atoms with Gasteiger partial charge in [0.25, 0.3) is 0 Å². The summed E-state index contributed by atoms with van der Waals surface area (Å²) in [7, 11) is 0. The van der Waals surface area contributed by atoms with Crippen LogP contribution in [0.4, 0.5) is 17.6 Å². The van der Waals surface area contributed by atoms with Crippen molar-refractivity contribution in [1.29, 1.82) is 0 Å². The summed E-state index contributed by atoms with van der Waals surface area (Å²) in [4.78, 5) is 14.6. The number of hydrogen-bond acceptors (Lipinski definition) is 7. The van der Waals surface area contributed by atoms with Gasteiger partial charge in [0.05, 0.1) is 0 Å². The van der Waals surface area contributed by atoms with Crippen LogP contribution in [0, 0.1) is 0 Å². The monoisotopic (exact) mass is 496 g/mol. The number of rotatable bonds is 5. The van der Waals surface area contributed by atoms with Gasteiger partial charge in [-0.15, -0.1) is 0 Å². The van der Waals surface area contributed by atoms with Crippen molar-refractivity contribution in [1.82, 2.24) is 15.3 Å². The van der Waals surface area contributed by atoms with E-state index in [1.165, 1.54) is 44.9 Å². The molecule has 5 rings (SSSR count). The number of benzene rings is 1. The number of aromatic nitrogens is 2. The molecule has 1 aromatic heterocycles. The van der Waals surface area contributed by atoms with E-state index in [-0.39, 0.29) is 0 Å². The second kappa shape index (κ2) is 11.3. The van der Waals surface area contributed by atoms with Crippen molar-refractivity contribution in [3.63, 3.8) is 0 Å². The third-order valence-electron chi connectivity index (χ3n) is 7.01. The Labute approximate surface area is 213 Å². The van der Waals surface area contributed by atoms with Crippen LogP contribution in [0.3, 0.4) is 0 Å². The summed E-state index contributed by atoms with van der Waals surface area (Å²) >= 11 is 5.62. The number of nitrogens with one attached hydrogen (secondary N) is 2. The van der Waals surface area contributed by atoms with E-state index in [0.717, 1.165) is 48.3 Å². The fourth-order valence-electron chi connectivity index (χ4n) is 5.05. The first kappa shape index (κ1) is 23.9. The van der Waals surface area contributed by atoms with E-state index in [1.54, 1.807) is 0 Å². The van der Waals surface area contributed by atoms with Gasteiger partial charge in [0.2, 0.25) is 5.95 Å². The van der Waals surface area contributed by atoms with Crippen molar-refractivity contribution in [3.8, 4) is 11.5 Å². The molecule has 0 aliphatic carbocycles. The second-order valence-electron chi connectivity index (χ2n) is 9.63. The van der Waals surface area contributed by atoms with Crippen LogP contribution in [0.2, 0.25) is 0 Å². The second-order valence-corrected chi connectivity index (χ2v) is 10.0. The Hall–Kier alpha value is -2.81. The largest absolute Gasteiger partial charge is 0.486 e. The quantitative estimate of drug-likeness (QED) is 0.582. The summed E-state index contributed by atoms with van der Waals surface area (Å²) in [5, 5.41) is 7.05. The average Bonchev–Trinajstić information content (AvgIpc) is 3.17. The molecule has 0 unspecified atom stereocenters. The van der Waals surface area contributed by atoms with Gasteiger partial charge in [0, 0.05) is 38.3 Å². The predicted molar refractivity (Wildman–Crippen MR) is 144 cm³/mol. The van der Waals surface area contributed by atoms with Crippen LogP contribution in [-0.4, -0.2) is 54.0 Å². The van der Waals surface area contributed by atoms with Crippen LogP contribution in [-0.2, 0) is 6.54 Å². The molecule has 0 saturated carbocycles. The zero-order valence-corrected chi connectivity index (χ0v) is 21.4. The highest BCUT2D eigenvalue weighted by molar-refractivity contribution is 7.80. The Morgan fingerprint density at radius 3 is 2.49 bits per heavy atom. The summed E-state index contributed by atoms with van der Waals surface area (Å²) in [6.07, 6.45) is 8.66. The van der Waals surface area contributed by atoms with Gasteiger partial charge in [-0.05, 0) is 68.9 Å². The van der Waals surface area contributed by atoms with E-state index in [2.05, 4.69) is 33.4 Å². The first-order chi connectivity index (χ1) is 17.2. The van der Waals surface area contributed by atoms with E-state index in [1.807, 2.05) is 18.2 Å². The summed E-state index contributed by atoms with van der Waals surface area (Å²) < 4.78 is 11.3. The molecule has 9 heteroatoms. The molecule has 4 heterocycles. The van der Waals surface area contributed by atoms with E-state index in [0.29, 0.717) is 36.9 Å². The zero-order valence-electron chi connectivity index (χ0n) is 20.6. The Bertz CT molecular complexity index is 1030. The SMILES string of the molecule is C[C@@H]1CCCCN1c1cc(N2CCCCCC2)nc(NC(=S)NCc2ccc3c(c2)OCCO3)n1. The van der Waals surface area contributed by atoms with Gasteiger partial charge in [-0.25, -0.2) is 0 Å². The normalized spacial score (nSPS) is 20.2. The molecule has 0 radical (unpaired) electrons. The number of piperidine rings is 1. The van der Waals surface area contributed by atoms with Gasteiger partial charge in [-0.3, -0.25) is 0 Å². The minimum Gasteiger partial charge on any atom is -0.486 e.